The maximum atomic E-state index is 2.33. The van der Waals surface area contributed by atoms with E-state index >= 15 is 0 Å². The molecule has 1 aromatic heterocycles. The van der Waals surface area contributed by atoms with Crippen molar-refractivity contribution in [3.05, 3.63) is 21.4 Å². The lowest BCUT2D eigenvalue weighted by Gasteiger charge is -2.12. The van der Waals surface area contributed by atoms with Crippen LogP contribution >= 0.6 is 11.3 Å². The largest absolute Gasteiger partial charge is 0.302 e. The Balaban J connectivity index is 2.69. The van der Waals surface area contributed by atoms with Gasteiger partial charge in [0.2, 0.25) is 0 Å². The van der Waals surface area contributed by atoms with Gasteiger partial charge in [-0.25, -0.2) is 0 Å². The van der Waals surface area contributed by atoms with E-state index in [0.717, 1.165) is 13.1 Å². The highest BCUT2D eigenvalue weighted by molar-refractivity contribution is 7.10. The minimum absolute atomic E-state index is 1.10. The second-order valence-electron chi connectivity index (χ2n) is 3.30. The van der Waals surface area contributed by atoms with Crippen LogP contribution in [0.5, 0.6) is 0 Å². The molecule has 0 unspecified atom stereocenters. The van der Waals surface area contributed by atoms with Crippen molar-refractivity contribution >= 4 is 11.3 Å². The molecule has 68 valence electrons. The third kappa shape index (κ3) is 2.08. The number of aryl methyl sites for hydroxylation is 1. The average molecular weight is 183 g/mol. The summed E-state index contributed by atoms with van der Waals surface area (Å²) in [7, 11) is 2.16. The van der Waals surface area contributed by atoms with Gasteiger partial charge in [-0.15, -0.1) is 11.3 Å². The molecular weight excluding hydrogens is 166 g/mol. The average Bonchev–Trinajstić information content (AvgIpc) is 2.36. The first-order chi connectivity index (χ1) is 5.65. The summed E-state index contributed by atoms with van der Waals surface area (Å²) in [4.78, 5) is 3.84. The lowest BCUT2D eigenvalue weighted by atomic mass is 10.2. The van der Waals surface area contributed by atoms with E-state index in [9.17, 15) is 0 Å². The van der Waals surface area contributed by atoms with Crippen molar-refractivity contribution in [2.45, 2.75) is 27.3 Å². The van der Waals surface area contributed by atoms with Gasteiger partial charge in [-0.2, -0.15) is 0 Å². The molecule has 1 nitrogen and oxygen atoms in total. The second-order valence-corrected chi connectivity index (χ2v) is 4.26. The van der Waals surface area contributed by atoms with Gasteiger partial charge in [0.1, 0.15) is 0 Å². The Morgan fingerprint density at radius 1 is 1.42 bits per heavy atom. The third-order valence-corrected chi connectivity index (χ3v) is 3.53. The molecule has 0 atom stereocenters. The standard InChI is InChI=1S/C10H17NS/c1-5-11(4)6-10-9(3)8(2)7-12-10/h7H,5-6H2,1-4H3. The van der Waals surface area contributed by atoms with Crippen molar-refractivity contribution in [1.29, 1.82) is 0 Å². The molecule has 2 heteroatoms. The van der Waals surface area contributed by atoms with Gasteiger partial charge in [0, 0.05) is 11.4 Å². The molecule has 0 amide bonds. The van der Waals surface area contributed by atoms with E-state index in [1.54, 1.807) is 0 Å². The smallest absolute Gasteiger partial charge is 0.0327 e. The first kappa shape index (κ1) is 9.75. The van der Waals surface area contributed by atoms with Gasteiger partial charge < -0.3 is 4.90 Å². The van der Waals surface area contributed by atoms with Crippen LogP contribution in [0.3, 0.4) is 0 Å². The van der Waals surface area contributed by atoms with E-state index in [1.807, 2.05) is 11.3 Å². The van der Waals surface area contributed by atoms with Crippen LogP contribution in [0.2, 0.25) is 0 Å². The van der Waals surface area contributed by atoms with Gasteiger partial charge in [-0.05, 0) is 43.9 Å². The van der Waals surface area contributed by atoms with Crippen LogP contribution in [0.15, 0.2) is 5.38 Å². The van der Waals surface area contributed by atoms with Gasteiger partial charge in [-0.3, -0.25) is 0 Å². The Bertz CT molecular complexity index is 252. The van der Waals surface area contributed by atoms with Gasteiger partial charge in [0.25, 0.3) is 0 Å². The van der Waals surface area contributed by atoms with Crippen LogP contribution < -0.4 is 0 Å². The maximum Gasteiger partial charge on any atom is 0.0327 e. The minimum Gasteiger partial charge on any atom is -0.302 e. The number of nitrogens with zero attached hydrogens (tertiary/aromatic N) is 1. The minimum atomic E-state index is 1.10. The fraction of sp³-hybridized carbons (Fsp3) is 0.600. The van der Waals surface area contributed by atoms with E-state index < -0.39 is 0 Å². The molecule has 0 N–H and O–H groups in total. The third-order valence-electron chi connectivity index (χ3n) is 2.34. The molecular formula is C10H17NS. The number of rotatable bonds is 3. The van der Waals surface area contributed by atoms with Gasteiger partial charge in [-0.1, -0.05) is 6.92 Å². The summed E-state index contributed by atoms with van der Waals surface area (Å²) >= 11 is 1.88. The SMILES string of the molecule is CCN(C)Cc1scc(C)c1C. The summed E-state index contributed by atoms with van der Waals surface area (Å²) in [5.41, 5.74) is 2.90. The summed E-state index contributed by atoms with van der Waals surface area (Å²) in [6, 6.07) is 0. The molecule has 0 aromatic carbocycles. The summed E-state index contributed by atoms with van der Waals surface area (Å²) < 4.78 is 0. The molecule has 1 rings (SSSR count). The Labute approximate surface area is 79.0 Å². The highest BCUT2D eigenvalue weighted by atomic mass is 32.1. The zero-order valence-corrected chi connectivity index (χ0v) is 9.16. The van der Waals surface area contributed by atoms with Gasteiger partial charge in [0.05, 0.1) is 0 Å². The molecule has 0 saturated heterocycles. The van der Waals surface area contributed by atoms with Crippen molar-refractivity contribution in [3.8, 4) is 0 Å². The second kappa shape index (κ2) is 4.06. The summed E-state index contributed by atoms with van der Waals surface area (Å²) in [6.07, 6.45) is 0. The molecule has 0 bridgehead atoms. The van der Waals surface area contributed by atoms with Crippen LogP contribution in [0, 0.1) is 13.8 Å². The monoisotopic (exact) mass is 183 g/mol. The number of thiophene rings is 1. The van der Waals surface area contributed by atoms with Crippen LogP contribution in [-0.4, -0.2) is 18.5 Å². The van der Waals surface area contributed by atoms with Crippen molar-refractivity contribution in [2.75, 3.05) is 13.6 Å². The normalized spacial score (nSPS) is 11.1. The fourth-order valence-corrected chi connectivity index (χ4v) is 2.20. The fourth-order valence-electron chi connectivity index (χ4n) is 1.07. The molecule has 1 aromatic rings. The van der Waals surface area contributed by atoms with Crippen LogP contribution in [0.1, 0.15) is 22.9 Å². The Hall–Kier alpha value is -0.340. The van der Waals surface area contributed by atoms with E-state index in [4.69, 9.17) is 0 Å². The van der Waals surface area contributed by atoms with Crippen molar-refractivity contribution in [1.82, 2.24) is 4.90 Å². The summed E-state index contributed by atoms with van der Waals surface area (Å²) in [5, 5.41) is 2.24. The van der Waals surface area contributed by atoms with E-state index in [2.05, 4.69) is 38.1 Å². The maximum absolute atomic E-state index is 2.33. The molecule has 0 aliphatic carbocycles. The Kier molecular flexibility index (Phi) is 3.29. The highest BCUT2D eigenvalue weighted by Crippen LogP contribution is 2.21. The van der Waals surface area contributed by atoms with E-state index in [-0.39, 0.29) is 0 Å². The molecule has 0 saturated carbocycles. The topological polar surface area (TPSA) is 3.24 Å². The number of hydrogen-bond acceptors (Lipinski definition) is 2. The lowest BCUT2D eigenvalue weighted by Crippen LogP contribution is -2.16. The van der Waals surface area contributed by atoms with Crippen LogP contribution in [-0.2, 0) is 6.54 Å². The summed E-state index contributed by atoms with van der Waals surface area (Å²) in [6.45, 7) is 8.80. The summed E-state index contributed by atoms with van der Waals surface area (Å²) in [5.74, 6) is 0. The van der Waals surface area contributed by atoms with Gasteiger partial charge in [0.15, 0.2) is 0 Å². The van der Waals surface area contributed by atoms with Crippen LogP contribution in [0.4, 0.5) is 0 Å². The van der Waals surface area contributed by atoms with Crippen molar-refractivity contribution in [3.63, 3.8) is 0 Å². The first-order valence-corrected chi connectivity index (χ1v) is 5.25. The lowest BCUT2D eigenvalue weighted by molar-refractivity contribution is 0.348. The van der Waals surface area contributed by atoms with E-state index in [0.29, 0.717) is 0 Å². The van der Waals surface area contributed by atoms with Crippen molar-refractivity contribution < 1.29 is 0 Å². The Morgan fingerprint density at radius 3 is 2.50 bits per heavy atom. The van der Waals surface area contributed by atoms with E-state index in [1.165, 1.54) is 16.0 Å². The number of hydrogen-bond donors (Lipinski definition) is 0. The zero-order chi connectivity index (χ0) is 9.14. The molecule has 0 fully saturated rings. The molecule has 0 spiro atoms. The molecule has 0 aliphatic heterocycles. The predicted molar refractivity (Wildman–Crippen MR) is 55.8 cm³/mol. The van der Waals surface area contributed by atoms with Gasteiger partial charge >= 0.3 is 0 Å². The quantitative estimate of drug-likeness (QED) is 0.696. The first-order valence-electron chi connectivity index (χ1n) is 4.37. The highest BCUT2D eigenvalue weighted by Gasteiger charge is 2.05. The zero-order valence-electron chi connectivity index (χ0n) is 8.35. The molecule has 0 aliphatic rings. The van der Waals surface area contributed by atoms with Crippen LogP contribution in [0.25, 0.3) is 0 Å². The molecule has 12 heavy (non-hydrogen) atoms. The molecule has 1 heterocycles. The predicted octanol–water partition coefficient (Wildman–Crippen LogP) is 2.82. The molecule has 0 radical (unpaired) electrons. The Morgan fingerprint density at radius 2 is 2.08 bits per heavy atom. The van der Waals surface area contributed by atoms with Crippen molar-refractivity contribution in [2.24, 2.45) is 0 Å².